The predicted octanol–water partition coefficient (Wildman–Crippen LogP) is 2.01. The summed E-state index contributed by atoms with van der Waals surface area (Å²) in [6.45, 7) is 6.20. The average Bonchev–Trinajstić information content (AvgIpc) is 2.40. The largest absolute Gasteiger partial charge is 0.389 e. The summed E-state index contributed by atoms with van der Waals surface area (Å²) in [6, 6.07) is 5.03. The highest BCUT2D eigenvalue weighted by Crippen LogP contribution is 2.22. The third-order valence-electron chi connectivity index (χ3n) is 3.20. The molecule has 1 unspecified atom stereocenters. The molecule has 0 fully saturated rings. The van der Waals surface area contributed by atoms with Crippen LogP contribution >= 0.6 is 0 Å². The van der Waals surface area contributed by atoms with E-state index in [1.807, 2.05) is 18.0 Å². The van der Waals surface area contributed by atoms with E-state index in [0.717, 1.165) is 12.2 Å². The van der Waals surface area contributed by atoms with E-state index in [1.54, 1.807) is 13.2 Å². The molecule has 5 heteroatoms. The number of halogens is 1. The molecule has 0 aliphatic heterocycles. The first-order chi connectivity index (χ1) is 9.95. The van der Waals surface area contributed by atoms with Crippen molar-refractivity contribution in [3.05, 3.63) is 29.6 Å². The number of rotatable bonds is 9. The van der Waals surface area contributed by atoms with Crippen LogP contribution in [0.2, 0.25) is 0 Å². The first kappa shape index (κ1) is 17.9. The lowest BCUT2D eigenvalue weighted by Crippen LogP contribution is -2.33. The lowest BCUT2D eigenvalue weighted by Gasteiger charge is -2.25. The van der Waals surface area contributed by atoms with Crippen molar-refractivity contribution >= 4 is 5.69 Å². The highest BCUT2D eigenvalue weighted by Gasteiger charge is 2.14. The van der Waals surface area contributed by atoms with Crippen molar-refractivity contribution in [2.75, 3.05) is 38.8 Å². The predicted molar refractivity (Wildman–Crippen MR) is 84.1 cm³/mol. The van der Waals surface area contributed by atoms with E-state index in [0.29, 0.717) is 24.6 Å². The molecule has 1 atom stereocenters. The molecule has 0 radical (unpaired) electrons. The summed E-state index contributed by atoms with van der Waals surface area (Å²) in [5.41, 5.74) is 1.42. The summed E-state index contributed by atoms with van der Waals surface area (Å²) >= 11 is 0. The number of aliphatic hydroxyl groups is 1. The highest BCUT2D eigenvalue weighted by molar-refractivity contribution is 5.53. The van der Waals surface area contributed by atoms with Crippen molar-refractivity contribution in [1.29, 1.82) is 0 Å². The Bertz CT molecular complexity index is 427. The van der Waals surface area contributed by atoms with E-state index in [4.69, 9.17) is 4.74 Å². The number of hydrogen-bond acceptors (Lipinski definition) is 4. The van der Waals surface area contributed by atoms with Crippen LogP contribution in [0.4, 0.5) is 10.1 Å². The zero-order valence-electron chi connectivity index (χ0n) is 13.4. The molecule has 0 amide bonds. The van der Waals surface area contributed by atoms with Crippen molar-refractivity contribution in [3.63, 3.8) is 0 Å². The molecule has 1 aromatic rings. The Labute approximate surface area is 126 Å². The Morgan fingerprint density at radius 2 is 2.10 bits per heavy atom. The minimum Gasteiger partial charge on any atom is -0.389 e. The van der Waals surface area contributed by atoms with Gasteiger partial charge in [-0.1, -0.05) is 19.9 Å². The van der Waals surface area contributed by atoms with Crippen LogP contribution < -0.4 is 10.2 Å². The first-order valence-electron chi connectivity index (χ1n) is 7.32. The second-order valence-electron chi connectivity index (χ2n) is 5.75. The lowest BCUT2D eigenvalue weighted by molar-refractivity contribution is 0.0695. The Morgan fingerprint density at radius 3 is 2.71 bits per heavy atom. The summed E-state index contributed by atoms with van der Waals surface area (Å²) in [7, 11) is 3.40. The minimum atomic E-state index is -0.597. The van der Waals surface area contributed by atoms with Gasteiger partial charge >= 0.3 is 0 Å². The van der Waals surface area contributed by atoms with Crippen LogP contribution in [-0.4, -0.2) is 45.1 Å². The normalized spacial score (nSPS) is 12.7. The number of benzene rings is 1. The molecule has 0 aromatic heterocycles. The van der Waals surface area contributed by atoms with E-state index in [9.17, 15) is 9.50 Å². The van der Waals surface area contributed by atoms with Gasteiger partial charge in [-0.05, 0) is 24.6 Å². The Kier molecular flexibility index (Phi) is 7.64. The van der Waals surface area contributed by atoms with E-state index in [-0.39, 0.29) is 12.4 Å². The van der Waals surface area contributed by atoms with Crippen molar-refractivity contribution in [3.8, 4) is 0 Å². The molecule has 120 valence electrons. The number of hydrogen-bond donors (Lipinski definition) is 2. The third-order valence-corrected chi connectivity index (χ3v) is 3.20. The molecule has 21 heavy (non-hydrogen) atoms. The van der Waals surface area contributed by atoms with Gasteiger partial charge in [-0.25, -0.2) is 4.39 Å². The molecular formula is C16H27FN2O2. The number of ether oxygens (including phenoxy) is 1. The van der Waals surface area contributed by atoms with Crippen LogP contribution in [0.1, 0.15) is 19.4 Å². The molecular weight excluding hydrogens is 271 g/mol. The summed E-state index contributed by atoms with van der Waals surface area (Å²) in [5, 5.41) is 13.1. The van der Waals surface area contributed by atoms with E-state index >= 15 is 0 Å². The number of nitrogens with one attached hydrogen (secondary N) is 1. The number of methoxy groups -OCH3 is 1. The zero-order valence-corrected chi connectivity index (χ0v) is 13.4. The van der Waals surface area contributed by atoms with Crippen LogP contribution in [0, 0.1) is 11.7 Å². The summed E-state index contributed by atoms with van der Waals surface area (Å²) in [4.78, 5) is 1.86. The topological polar surface area (TPSA) is 44.7 Å². The lowest BCUT2D eigenvalue weighted by atomic mass is 10.1. The van der Waals surface area contributed by atoms with Crippen molar-refractivity contribution in [2.45, 2.75) is 26.5 Å². The van der Waals surface area contributed by atoms with Crippen LogP contribution in [0.5, 0.6) is 0 Å². The van der Waals surface area contributed by atoms with Gasteiger partial charge in [-0.15, -0.1) is 0 Å². The number of nitrogens with zero attached hydrogens (tertiary/aromatic N) is 1. The molecule has 0 heterocycles. The van der Waals surface area contributed by atoms with Crippen LogP contribution in [0.25, 0.3) is 0 Å². The van der Waals surface area contributed by atoms with Crippen LogP contribution in [-0.2, 0) is 11.3 Å². The van der Waals surface area contributed by atoms with E-state index < -0.39 is 6.10 Å². The van der Waals surface area contributed by atoms with Gasteiger partial charge in [0.05, 0.1) is 12.7 Å². The zero-order chi connectivity index (χ0) is 15.8. The second kappa shape index (κ2) is 8.97. The van der Waals surface area contributed by atoms with Gasteiger partial charge in [-0.2, -0.15) is 0 Å². The smallest absolute Gasteiger partial charge is 0.129 e. The van der Waals surface area contributed by atoms with Gasteiger partial charge in [0.2, 0.25) is 0 Å². The summed E-state index contributed by atoms with van der Waals surface area (Å²) < 4.78 is 19.0. The molecule has 1 rings (SSSR count). The van der Waals surface area contributed by atoms with E-state index in [1.165, 1.54) is 6.07 Å². The standard InChI is InChI=1S/C16H27FN2O2/c1-12(2)8-18-9-14-15(17)6-5-7-16(14)19(3)10-13(20)11-21-4/h5-7,12-13,18,20H,8-11H2,1-4H3. The van der Waals surface area contributed by atoms with Crippen molar-refractivity contribution in [1.82, 2.24) is 5.32 Å². The minimum absolute atomic E-state index is 0.225. The van der Waals surface area contributed by atoms with Gasteiger partial charge in [0.25, 0.3) is 0 Å². The van der Waals surface area contributed by atoms with E-state index in [2.05, 4.69) is 19.2 Å². The van der Waals surface area contributed by atoms with Crippen LogP contribution in [0.15, 0.2) is 18.2 Å². The second-order valence-corrected chi connectivity index (χ2v) is 5.75. The van der Waals surface area contributed by atoms with Gasteiger partial charge in [-0.3, -0.25) is 0 Å². The van der Waals surface area contributed by atoms with Gasteiger partial charge in [0.1, 0.15) is 5.82 Å². The highest BCUT2D eigenvalue weighted by atomic mass is 19.1. The molecule has 0 aliphatic rings. The fraction of sp³-hybridized carbons (Fsp3) is 0.625. The van der Waals surface area contributed by atoms with Gasteiger partial charge in [0, 0.05) is 38.5 Å². The SMILES string of the molecule is COCC(O)CN(C)c1cccc(F)c1CNCC(C)C. The summed E-state index contributed by atoms with van der Waals surface area (Å²) in [6.07, 6.45) is -0.597. The molecule has 0 bridgehead atoms. The first-order valence-corrected chi connectivity index (χ1v) is 7.32. The molecule has 2 N–H and O–H groups in total. The van der Waals surface area contributed by atoms with Crippen molar-refractivity contribution < 1.29 is 14.2 Å². The number of likely N-dealkylation sites (N-methyl/N-ethyl adjacent to an activating group) is 1. The fourth-order valence-corrected chi connectivity index (χ4v) is 2.23. The maximum absolute atomic E-state index is 14.1. The quantitative estimate of drug-likeness (QED) is 0.732. The van der Waals surface area contributed by atoms with Gasteiger partial charge < -0.3 is 20.1 Å². The Morgan fingerprint density at radius 1 is 1.38 bits per heavy atom. The molecule has 0 saturated carbocycles. The third kappa shape index (κ3) is 5.99. The molecule has 4 nitrogen and oxygen atoms in total. The average molecular weight is 298 g/mol. The Hall–Kier alpha value is -1.17. The number of aliphatic hydroxyl groups excluding tert-OH is 1. The molecule has 0 spiro atoms. The maximum Gasteiger partial charge on any atom is 0.129 e. The monoisotopic (exact) mass is 298 g/mol. The van der Waals surface area contributed by atoms with Crippen LogP contribution in [0.3, 0.4) is 0 Å². The molecule has 0 saturated heterocycles. The molecule has 1 aromatic carbocycles. The maximum atomic E-state index is 14.1. The van der Waals surface area contributed by atoms with Gasteiger partial charge in [0.15, 0.2) is 0 Å². The number of anilines is 1. The van der Waals surface area contributed by atoms with Crippen molar-refractivity contribution in [2.24, 2.45) is 5.92 Å². The fourth-order valence-electron chi connectivity index (χ4n) is 2.23. The molecule has 0 aliphatic carbocycles. The summed E-state index contributed by atoms with van der Waals surface area (Å²) in [5.74, 6) is 0.290. The Balaban J connectivity index is 2.78.